The molecule has 0 radical (unpaired) electrons. The Kier molecular flexibility index (Phi) is 4.72. The van der Waals surface area contributed by atoms with E-state index in [1.807, 2.05) is 11.6 Å². The van der Waals surface area contributed by atoms with Gasteiger partial charge in [-0.1, -0.05) is 30.3 Å². The van der Waals surface area contributed by atoms with Gasteiger partial charge in [0.15, 0.2) is 5.82 Å². The summed E-state index contributed by atoms with van der Waals surface area (Å²) in [5.41, 5.74) is 2.35. The molecule has 0 fully saturated rings. The van der Waals surface area contributed by atoms with E-state index in [-0.39, 0.29) is 0 Å². The van der Waals surface area contributed by atoms with Crippen LogP contribution in [0, 0.1) is 6.92 Å². The van der Waals surface area contributed by atoms with Gasteiger partial charge < -0.3 is 5.32 Å². The van der Waals surface area contributed by atoms with Crippen molar-refractivity contribution in [2.75, 3.05) is 11.9 Å². The van der Waals surface area contributed by atoms with Gasteiger partial charge in [0.1, 0.15) is 10.6 Å². The molecule has 0 saturated heterocycles. The average molecular weight is 367 g/mol. The average Bonchev–Trinajstić information content (AvgIpc) is 3.28. The molecule has 0 aliphatic rings. The van der Waals surface area contributed by atoms with Gasteiger partial charge in [-0.25, -0.2) is 14.3 Å². The third kappa shape index (κ3) is 3.70. The number of nitrogens with one attached hydrogen (secondary N) is 1. The molecule has 1 aromatic carbocycles. The van der Waals surface area contributed by atoms with E-state index in [1.165, 1.54) is 22.0 Å². The Hall–Kier alpha value is -2.31. The second-order valence-electron chi connectivity index (χ2n) is 5.90. The highest BCUT2D eigenvalue weighted by Gasteiger charge is 2.12. The van der Waals surface area contributed by atoms with Crippen molar-refractivity contribution < 1.29 is 0 Å². The summed E-state index contributed by atoms with van der Waals surface area (Å²) in [7, 11) is 0. The molecule has 0 aliphatic carbocycles. The first kappa shape index (κ1) is 16.2. The first-order valence-electron chi connectivity index (χ1n) is 8.25. The molecule has 25 heavy (non-hydrogen) atoms. The third-order valence-corrected chi connectivity index (χ3v) is 5.51. The van der Waals surface area contributed by atoms with Crippen molar-refractivity contribution in [3.8, 4) is 11.4 Å². The number of thiophene rings is 1. The molecule has 0 spiro atoms. The Balaban J connectivity index is 1.53. The van der Waals surface area contributed by atoms with E-state index in [2.05, 4.69) is 53.0 Å². The van der Waals surface area contributed by atoms with Gasteiger partial charge in [-0.15, -0.1) is 11.3 Å². The molecule has 3 aromatic heterocycles. The highest BCUT2D eigenvalue weighted by Crippen LogP contribution is 2.31. The minimum absolute atomic E-state index is 0.744. The van der Waals surface area contributed by atoms with Crippen molar-refractivity contribution >= 4 is 38.9 Å². The molecule has 126 valence electrons. The molecular weight excluding hydrogens is 348 g/mol. The fourth-order valence-electron chi connectivity index (χ4n) is 2.77. The number of hydrogen-bond donors (Lipinski definition) is 1. The predicted octanol–water partition coefficient (Wildman–Crippen LogP) is 5.17. The Morgan fingerprint density at radius 3 is 2.80 bits per heavy atom. The number of aromatic nitrogens is 3. The van der Waals surface area contributed by atoms with Gasteiger partial charge in [-0.3, -0.25) is 0 Å². The molecule has 3 heterocycles. The van der Waals surface area contributed by atoms with E-state index < -0.39 is 0 Å². The van der Waals surface area contributed by atoms with Gasteiger partial charge in [0, 0.05) is 16.8 Å². The van der Waals surface area contributed by atoms with E-state index in [9.17, 15) is 0 Å². The van der Waals surface area contributed by atoms with E-state index >= 15 is 0 Å². The smallest absolute Gasteiger partial charge is 0.165 e. The van der Waals surface area contributed by atoms with Crippen LogP contribution in [-0.2, 0) is 6.42 Å². The van der Waals surface area contributed by atoms with Crippen LogP contribution in [0.4, 0.5) is 5.82 Å². The van der Waals surface area contributed by atoms with Crippen LogP contribution in [0.15, 0.2) is 48.0 Å². The highest BCUT2D eigenvalue weighted by atomic mass is 32.1. The quantitative estimate of drug-likeness (QED) is 0.478. The first-order valence-corrected chi connectivity index (χ1v) is 9.90. The number of fused-ring (bicyclic) bond motifs is 1. The molecule has 4 aromatic rings. The molecule has 0 bridgehead atoms. The van der Waals surface area contributed by atoms with Gasteiger partial charge in [0.25, 0.3) is 0 Å². The predicted molar refractivity (Wildman–Crippen MR) is 107 cm³/mol. The van der Waals surface area contributed by atoms with E-state index in [4.69, 9.17) is 9.97 Å². The summed E-state index contributed by atoms with van der Waals surface area (Å²) < 4.78 is 4.17. The van der Waals surface area contributed by atoms with Gasteiger partial charge >= 0.3 is 0 Å². The van der Waals surface area contributed by atoms with Gasteiger partial charge in [-0.05, 0) is 42.9 Å². The van der Waals surface area contributed by atoms with Crippen LogP contribution >= 0.6 is 22.9 Å². The number of anilines is 1. The maximum atomic E-state index is 4.75. The van der Waals surface area contributed by atoms with Crippen LogP contribution in [0.1, 0.15) is 16.9 Å². The molecule has 4 nitrogen and oxygen atoms in total. The van der Waals surface area contributed by atoms with Crippen molar-refractivity contribution in [3.63, 3.8) is 0 Å². The van der Waals surface area contributed by atoms with E-state index in [0.29, 0.717) is 0 Å². The molecule has 0 amide bonds. The second kappa shape index (κ2) is 7.29. The lowest BCUT2D eigenvalue weighted by atomic mass is 10.1. The first-order chi connectivity index (χ1) is 12.3. The van der Waals surface area contributed by atoms with Crippen LogP contribution in [0.3, 0.4) is 0 Å². The summed E-state index contributed by atoms with van der Waals surface area (Å²) in [4.78, 5) is 11.7. The molecule has 0 atom stereocenters. The summed E-state index contributed by atoms with van der Waals surface area (Å²) in [6.07, 6.45) is 3.95. The van der Waals surface area contributed by atoms with Gasteiger partial charge in [0.2, 0.25) is 0 Å². The van der Waals surface area contributed by atoms with E-state index in [1.54, 1.807) is 11.3 Å². The Morgan fingerprint density at radius 1 is 1.12 bits per heavy atom. The van der Waals surface area contributed by atoms with Crippen LogP contribution in [0.25, 0.3) is 21.6 Å². The minimum atomic E-state index is 0.744. The standard InChI is InChI=1S/C19H18N4S2/c1-13-10-16-18(20-9-5-8-14-6-3-2-4-7-14)22-17(23-19(16)25-13)15-11-21-24-12-15/h2-4,6-7,10-12H,5,8-9H2,1H3,(H,20,22,23). The van der Waals surface area contributed by atoms with Crippen molar-refractivity contribution in [1.82, 2.24) is 14.3 Å². The van der Waals surface area contributed by atoms with Crippen LogP contribution in [0.2, 0.25) is 0 Å². The highest BCUT2D eigenvalue weighted by molar-refractivity contribution is 7.18. The molecule has 0 aliphatic heterocycles. The number of rotatable bonds is 6. The minimum Gasteiger partial charge on any atom is -0.369 e. The third-order valence-electron chi connectivity index (χ3n) is 3.98. The Labute approximate surface area is 154 Å². The number of benzene rings is 1. The second-order valence-corrected chi connectivity index (χ2v) is 7.79. The van der Waals surface area contributed by atoms with Gasteiger partial charge in [0.05, 0.1) is 17.1 Å². The summed E-state index contributed by atoms with van der Waals surface area (Å²) in [6.45, 7) is 2.99. The maximum Gasteiger partial charge on any atom is 0.165 e. The molecular formula is C19H18N4S2. The van der Waals surface area contributed by atoms with E-state index in [0.717, 1.165) is 46.8 Å². The van der Waals surface area contributed by atoms with Gasteiger partial charge in [-0.2, -0.15) is 0 Å². The molecule has 1 N–H and O–H groups in total. The number of aryl methyl sites for hydroxylation is 2. The van der Waals surface area contributed by atoms with Crippen LogP contribution in [-0.4, -0.2) is 20.9 Å². The Morgan fingerprint density at radius 2 is 2.00 bits per heavy atom. The lowest BCUT2D eigenvalue weighted by Crippen LogP contribution is -2.06. The number of hydrogen-bond acceptors (Lipinski definition) is 6. The Bertz CT molecular complexity index is 962. The largest absolute Gasteiger partial charge is 0.369 e. The lowest BCUT2D eigenvalue weighted by molar-refractivity contribution is 0.860. The van der Waals surface area contributed by atoms with Crippen molar-refractivity contribution in [3.05, 3.63) is 58.4 Å². The lowest BCUT2D eigenvalue weighted by Gasteiger charge is -2.08. The fraction of sp³-hybridized carbons (Fsp3) is 0.211. The van der Waals surface area contributed by atoms with Crippen LogP contribution in [0.5, 0.6) is 0 Å². The zero-order chi connectivity index (χ0) is 17.1. The van der Waals surface area contributed by atoms with Crippen molar-refractivity contribution in [1.29, 1.82) is 0 Å². The zero-order valence-corrected chi connectivity index (χ0v) is 15.5. The topological polar surface area (TPSA) is 50.7 Å². The van der Waals surface area contributed by atoms with Crippen molar-refractivity contribution in [2.24, 2.45) is 0 Å². The monoisotopic (exact) mass is 366 g/mol. The SMILES string of the molecule is Cc1cc2c(NCCCc3ccccc3)nc(-c3cnsc3)nc2s1. The molecule has 4 rings (SSSR count). The summed E-state index contributed by atoms with van der Waals surface area (Å²) in [6, 6.07) is 12.7. The normalized spacial score (nSPS) is 11.1. The summed E-state index contributed by atoms with van der Waals surface area (Å²) in [5.74, 6) is 1.66. The molecule has 6 heteroatoms. The fourth-order valence-corrected chi connectivity index (χ4v) is 4.16. The zero-order valence-electron chi connectivity index (χ0n) is 13.9. The summed E-state index contributed by atoms with van der Waals surface area (Å²) in [5, 5.41) is 6.60. The van der Waals surface area contributed by atoms with Crippen molar-refractivity contribution in [2.45, 2.75) is 19.8 Å². The maximum absolute atomic E-state index is 4.75. The van der Waals surface area contributed by atoms with Crippen LogP contribution < -0.4 is 5.32 Å². The molecule has 0 unspecified atom stereocenters. The number of nitrogens with zero attached hydrogens (tertiary/aromatic N) is 3. The summed E-state index contributed by atoms with van der Waals surface area (Å²) >= 11 is 3.13. The molecule has 0 saturated carbocycles.